The molecule has 1 rings (SSSR count). The lowest BCUT2D eigenvalue weighted by Crippen LogP contribution is -2.43. The molecule has 0 aromatic carbocycles. The Morgan fingerprint density at radius 3 is 3.00 bits per heavy atom. The number of ether oxygens (including phenoxy) is 2. The van der Waals surface area contributed by atoms with Gasteiger partial charge in [0.1, 0.15) is 0 Å². The minimum atomic E-state index is -0.455. The molecular formula is C11H21NO4. The van der Waals surface area contributed by atoms with Crippen LogP contribution in [0, 0.1) is 5.92 Å². The van der Waals surface area contributed by atoms with Crippen LogP contribution in [0.5, 0.6) is 0 Å². The summed E-state index contributed by atoms with van der Waals surface area (Å²) in [7, 11) is 0. The lowest BCUT2D eigenvalue weighted by atomic mass is 10.1. The predicted octanol–water partition coefficient (Wildman–Crippen LogP) is -0.0734. The number of nitrogens with one attached hydrogen (secondary N) is 1. The summed E-state index contributed by atoms with van der Waals surface area (Å²) in [5.74, 6) is 0.197. The molecule has 1 heterocycles. The maximum Gasteiger partial charge on any atom is 0.251 e. The Hall–Kier alpha value is -0.650. The van der Waals surface area contributed by atoms with Crippen LogP contribution in [0.3, 0.4) is 0 Å². The summed E-state index contributed by atoms with van der Waals surface area (Å²) in [6.07, 6.45) is 1.34. The Morgan fingerprint density at radius 2 is 2.38 bits per heavy atom. The van der Waals surface area contributed by atoms with Crippen molar-refractivity contribution in [3.05, 3.63) is 0 Å². The van der Waals surface area contributed by atoms with Crippen molar-refractivity contribution in [2.75, 3.05) is 33.0 Å². The number of rotatable bonds is 6. The second kappa shape index (κ2) is 7.60. The Morgan fingerprint density at radius 1 is 1.56 bits per heavy atom. The van der Waals surface area contributed by atoms with Crippen molar-refractivity contribution in [3.63, 3.8) is 0 Å². The molecule has 0 bridgehead atoms. The SMILES string of the molecule is CC(CO)CCCNC(=O)C1COCCO1. The van der Waals surface area contributed by atoms with E-state index in [1.54, 1.807) is 0 Å². The van der Waals surface area contributed by atoms with Crippen LogP contribution in [0.4, 0.5) is 0 Å². The summed E-state index contributed by atoms with van der Waals surface area (Å²) in [5, 5.41) is 11.6. The van der Waals surface area contributed by atoms with Gasteiger partial charge in [-0.15, -0.1) is 0 Å². The molecule has 2 unspecified atom stereocenters. The van der Waals surface area contributed by atoms with Gasteiger partial charge < -0.3 is 19.9 Å². The van der Waals surface area contributed by atoms with E-state index in [-0.39, 0.29) is 12.5 Å². The molecule has 16 heavy (non-hydrogen) atoms. The van der Waals surface area contributed by atoms with E-state index >= 15 is 0 Å². The molecule has 0 aromatic heterocycles. The summed E-state index contributed by atoms with van der Waals surface area (Å²) in [5.41, 5.74) is 0. The average molecular weight is 231 g/mol. The summed E-state index contributed by atoms with van der Waals surface area (Å²) in [4.78, 5) is 11.5. The summed E-state index contributed by atoms with van der Waals surface area (Å²) in [6, 6.07) is 0. The van der Waals surface area contributed by atoms with Crippen LogP contribution in [-0.2, 0) is 14.3 Å². The van der Waals surface area contributed by atoms with E-state index in [9.17, 15) is 4.79 Å². The number of hydrogen-bond donors (Lipinski definition) is 2. The standard InChI is InChI=1S/C11H21NO4/c1-9(7-13)3-2-4-12-11(14)10-8-15-5-6-16-10/h9-10,13H,2-8H2,1H3,(H,12,14). The Bertz CT molecular complexity index is 204. The normalized spacial score (nSPS) is 22.8. The molecule has 0 saturated carbocycles. The summed E-state index contributed by atoms with van der Waals surface area (Å²) in [6.45, 7) is 4.22. The first-order valence-corrected chi connectivity index (χ1v) is 5.82. The van der Waals surface area contributed by atoms with Crippen LogP contribution in [0.15, 0.2) is 0 Å². The van der Waals surface area contributed by atoms with Gasteiger partial charge >= 0.3 is 0 Å². The van der Waals surface area contributed by atoms with E-state index in [1.807, 2.05) is 6.92 Å². The van der Waals surface area contributed by atoms with Crippen molar-refractivity contribution in [1.82, 2.24) is 5.32 Å². The highest BCUT2D eigenvalue weighted by Gasteiger charge is 2.21. The van der Waals surface area contributed by atoms with E-state index in [1.165, 1.54) is 0 Å². The quantitative estimate of drug-likeness (QED) is 0.628. The van der Waals surface area contributed by atoms with Crippen LogP contribution in [-0.4, -0.2) is 50.1 Å². The van der Waals surface area contributed by atoms with Crippen molar-refractivity contribution in [1.29, 1.82) is 0 Å². The van der Waals surface area contributed by atoms with Crippen LogP contribution in [0.2, 0.25) is 0 Å². The molecule has 0 aliphatic carbocycles. The first-order valence-electron chi connectivity index (χ1n) is 5.82. The monoisotopic (exact) mass is 231 g/mol. The topological polar surface area (TPSA) is 67.8 Å². The molecule has 1 amide bonds. The van der Waals surface area contributed by atoms with Gasteiger partial charge in [0.2, 0.25) is 0 Å². The van der Waals surface area contributed by atoms with Crippen LogP contribution in [0.25, 0.3) is 0 Å². The van der Waals surface area contributed by atoms with Gasteiger partial charge in [-0.05, 0) is 18.8 Å². The largest absolute Gasteiger partial charge is 0.396 e. The van der Waals surface area contributed by atoms with Gasteiger partial charge in [-0.25, -0.2) is 0 Å². The number of carbonyl (C=O) groups is 1. The molecule has 1 aliphatic heterocycles. The third kappa shape index (κ3) is 4.92. The van der Waals surface area contributed by atoms with Gasteiger partial charge in [0.15, 0.2) is 6.10 Å². The summed E-state index contributed by atoms with van der Waals surface area (Å²) < 4.78 is 10.4. The number of aliphatic hydroxyl groups is 1. The molecule has 2 atom stereocenters. The van der Waals surface area contributed by atoms with Crippen LogP contribution >= 0.6 is 0 Å². The average Bonchev–Trinajstić information content (AvgIpc) is 2.35. The maximum atomic E-state index is 11.5. The predicted molar refractivity (Wildman–Crippen MR) is 59.1 cm³/mol. The smallest absolute Gasteiger partial charge is 0.251 e. The third-order valence-electron chi connectivity index (χ3n) is 2.59. The van der Waals surface area contributed by atoms with Crippen molar-refractivity contribution < 1.29 is 19.4 Å². The molecule has 0 radical (unpaired) electrons. The van der Waals surface area contributed by atoms with E-state index in [0.717, 1.165) is 12.8 Å². The zero-order valence-electron chi connectivity index (χ0n) is 9.78. The lowest BCUT2D eigenvalue weighted by molar-refractivity contribution is -0.147. The molecule has 2 N–H and O–H groups in total. The summed E-state index contributed by atoms with van der Waals surface area (Å²) >= 11 is 0. The molecule has 1 saturated heterocycles. The molecule has 5 heteroatoms. The first-order chi connectivity index (χ1) is 7.74. The molecule has 1 fully saturated rings. The molecular weight excluding hydrogens is 210 g/mol. The minimum absolute atomic E-state index is 0.101. The van der Waals surface area contributed by atoms with Crippen molar-refractivity contribution in [2.24, 2.45) is 5.92 Å². The second-order valence-electron chi connectivity index (χ2n) is 4.16. The van der Waals surface area contributed by atoms with Crippen molar-refractivity contribution in [2.45, 2.75) is 25.9 Å². The molecule has 94 valence electrons. The zero-order chi connectivity index (χ0) is 11.8. The molecule has 5 nitrogen and oxygen atoms in total. The van der Waals surface area contributed by atoms with E-state index in [4.69, 9.17) is 14.6 Å². The fourth-order valence-electron chi connectivity index (χ4n) is 1.51. The minimum Gasteiger partial charge on any atom is -0.396 e. The fraction of sp³-hybridized carbons (Fsp3) is 0.909. The molecule has 0 spiro atoms. The van der Waals surface area contributed by atoms with E-state index in [2.05, 4.69) is 5.32 Å². The van der Waals surface area contributed by atoms with Crippen LogP contribution < -0.4 is 5.32 Å². The molecule has 1 aliphatic rings. The number of carbonyl (C=O) groups excluding carboxylic acids is 1. The number of aliphatic hydroxyl groups excluding tert-OH is 1. The number of hydrogen-bond acceptors (Lipinski definition) is 4. The van der Waals surface area contributed by atoms with Gasteiger partial charge in [0, 0.05) is 13.2 Å². The van der Waals surface area contributed by atoms with Gasteiger partial charge in [0.05, 0.1) is 19.8 Å². The molecule has 0 aromatic rings. The third-order valence-corrected chi connectivity index (χ3v) is 2.59. The van der Waals surface area contributed by atoms with Crippen molar-refractivity contribution >= 4 is 5.91 Å². The Labute approximate surface area is 96.1 Å². The Kier molecular flexibility index (Phi) is 6.37. The fourth-order valence-corrected chi connectivity index (χ4v) is 1.51. The highest BCUT2D eigenvalue weighted by atomic mass is 16.6. The number of amides is 1. The van der Waals surface area contributed by atoms with E-state index < -0.39 is 6.10 Å². The first kappa shape index (κ1) is 13.4. The van der Waals surface area contributed by atoms with Crippen molar-refractivity contribution in [3.8, 4) is 0 Å². The highest BCUT2D eigenvalue weighted by Crippen LogP contribution is 2.04. The van der Waals surface area contributed by atoms with Gasteiger partial charge in [-0.2, -0.15) is 0 Å². The zero-order valence-corrected chi connectivity index (χ0v) is 9.78. The van der Waals surface area contributed by atoms with Gasteiger partial charge in [-0.3, -0.25) is 4.79 Å². The Balaban J connectivity index is 2.05. The van der Waals surface area contributed by atoms with Gasteiger partial charge in [0.25, 0.3) is 5.91 Å². The highest BCUT2D eigenvalue weighted by molar-refractivity contribution is 5.80. The lowest BCUT2D eigenvalue weighted by Gasteiger charge is -2.22. The second-order valence-corrected chi connectivity index (χ2v) is 4.16. The van der Waals surface area contributed by atoms with Gasteiger partial charge in [-0.1, -0.05) is 6.92 Å². The van der Waals surface area contributed by atoms with Crippen LogP contribution in [0.1, 0.15) is 19.8 Å². The maximum absolute atomic E-state index is 11.5. The van der Waals surface area contributed by atoms with E-state index in [0.29, 0.717) is 32.3 Å².